The van der Waals surface area contributed by atoms with Crippen LogP contribution >= 0.6 is 0 Å². The number of hydrogen-bond donors (Lipinski definition) is 0. The summed E-state index contributed by atoms with van der Waals surface area (Å²) in [4.78, 5) is 12.0. The van der Waals surface area contributed by atoms with E-state index in [0.717, 1.165) is 86.8 Å². The Balaban J connectivity index is 1.80. The Morgan fingerprint density at radius 3 is 2.70 bits per heavy atom. The Kier molecular flexibility index (Phi) is 6.85. The molecule has 0 aliphatic carbocycles. The van der Waals surface area contributed by atoms with Gasteiger partial charge < -0.3 is 14.0 Å². The molecule has 3 rings (SSSR count). The minimum Gasteiger partial charge on any atom is -0.493 e. The number of fused-ring (bicyclic) bond motifs is 1. The molecule has 1 fully saturated rings. The highest BCUT2D eigenvalue weighted by Gasteiger charge is 2.13. The Labute approximate surface area is 161 Å². The van der Waals surface area contributed by atoms with Crippen LogP contribution in [0.4, 0.5) is 0 Å². The molecule has 0 unspecified atom stereocenters. The third kappa shape index (κ3) is 4.50. The van der Waals surface area contributed by atoms with Gasteiger partial charge in [0.25, 0.3) is 0 Å². The first-order valence-corrected chi connectivity index (χ1v) is 10.1. The highest BCUT2D eigenvalue weighted by molar-refractivity contribution is 5.83. The topological polar surface area (TPSA) is 51.9 Å². The van der Waals surface area contributed by atoms with Gasteiger partial charge in [0.15, 0.2) is 0 Å². The van der Waals surface area contributed by atoms with Gasteiger partial charge >= 0.3 is 0 Å². The molecule has 0 atom stereocenters. The standard InChI is InChI=1S/C21H32N4O2/c1-5-17-19(27-13-7-10-25-11-14-26-15-12-25)9-8-18-20(17)23-16(3)24(4)21(18)22-6-2/h8-9H,5-7,10-15H2,1-4H3. The maximum atomic E-state index is 6.16. The molecule has 148 valence electrons. The number of rotatable bonds is 7. The van der Waals surface area contributed by atoms with Crippen LogP contribution in [-0.2, 0) is 18.2 Å². The molecule has 6 nitrogen and oxygen atoms in total. The fourth-order valence-electron chi connectivity index (χ4n) is 3.61. The fourth-order valence-corrected chi connectivity index (χ4v) is 3.61. The molecular formula is C21H32N4O2. The summed E-state index contributed by atoms with van der Waals surface area (Å²) in [6, 6.07) is 4.19. The Morgan fingerprint density at radius 2 is 2.00 bits per heavy atom. The van der Waals surface area contributed by atoms with E-state index in [-0.39, 0.29) is 0 Å². The van der Waals surface area contributed by atoms with Crippen LogP contribution in [0, 0.1) is 6.92 Å². The molecule has 0 saturated carbocycles. The number of aryl methyl sites for hydroxylation is 2. The minimum atomic E-state index is 0.724. The molecule has 1 aromatic carbocycles. The van der Waals surface area contributed by atoms with Gasteiger partial charge in [0.05, 0.1) is 25.3 Å². The molecule has 0 N–H and O–H groups in total. The van der Waals surface area contributed by atoms with Gasteiger partial charge in [-0.1, -0.05) is 6.92 Å². The molecule has 1 aliphatic rings. The van der Waals surface area contributed by atoms with E-state index in [4.69, 9.17) is 19.5 Å². The maximum absolute atomic E-state index is 6.16. The minimum absolute atomic E-state index is 0.724. The third-order valence-electron chi connectivity index (χ3n) is 5.20. The van der Waals surface area contributed by atoms with Crippen LogP contribution in [0.3, 0.4) is 0 Å². The fraction of sp³-hybridized carbons (Fsp3) is 0.619. The van der Waals surface area contributed by atoms with Crippen LogP contribution in [0.25, 0.3) is 10.9 Å². The molecule has 1 saturated heterocycles. The molecule has 0 amide bonds. The summed E-state index contributed by atoms with van der Waals surface area (Å²) in [6.45, 7) is 12.5. The van der Waals surface area contributed by atoms with E-state index in [1.165, 1.54) is 5.56 Å². The van der Waals surface area contributed by atoms with Crippen molar-refractivity contribution in [2.45, 2.75) is 33.6 Å². The number of ether oxygens (including phenoxy) is 2. The zero-order valence-electron chi connectivity index (χ0n) is 17.1. The van der Waals surface area contributed by atoms with Crippen LogP contribution in [0.15, 0.2) is 17.1 Å². The number of benzene rings is 1. The predicted molar refractivity (Wildman–Crippen MR) is 108 cm³/mol. The van der Waals surface area contributed by atoms with Crippen molar-refractivity contribution >= 4 is 10.9 Å². The van der Waals surface area contributed by atoms with E-state index in [1.807, 2.05) is 14.0 Å². The average molecular weight is 373 g/mol. The van der Waals surface area contributed by atoms with Gasteiger partial charge in [-0.2, -0.15) is 0 Å². The normalized spacial score (nSPS) is 16.2. The first-order valence-electron chi connectivity index (χ1n) is 10.1. The first kappa shape index (κ1) is 19.8. The predicted octanol–water partition coefficient (Wildman–Crippen LogP) is 2.47. The zero-order valence-corrected chi connectivity index (χ0v) is 17.1. The van der Waals surface area contributed by atoms with E-state index in [1.54, 1.807) is 0 Å². The van der Waals surface area contributed by atoms with Crippen molar-refractivity contribution in [2.75, 3.05) is 46.0 Å². The number of aromatic nitrogens is 2. The van der Waals surface area contributed by atoms with Gasteiger partial charge in [-0.05, 0) is 38.8 Å². The highest BCUT2D eigenvalue weighted by Crippen LogP contribution is 2.26. The lowest BCUT2D eigenvalue weighted by Gasteiger charge is -2.26. The van der Waals surface area contributed by atoms with Gasteiger partial charge in [-0.25, -0.2) is 4.98 Å². The smallest absolute Gasteiger partial charge is 0.138 e. The summed E-state index contributed by atoms with van der Waals surface area (Å²) in [5.74, 6) is 1.92. The number of morpholine rings is 1. The molecule has 0 bridgehead atoms. The molecular weight excluding hydrogens is 340 g/mol. The van der Waals surface area contributed by atoms with Gasteiger partial charge in [-0.15, -0.1) is 0 Å². The van der Waals surface area contributed by atoms with Crippen molar-refractivity contribution in [1.29, 1.82) is 0 Å². The lowest BCUT2D eigenvalue weighted by Crippen LogP contribution is -2.37. The SMILES string of the molecule is CCN=c1c2ccc(OCCCN3CCOCC3)c(CC)c2nc(C)n1C. The maximum Gasteiger partial charge on any atom is 0.138 e. The number of hydrogen-bond acceptors (Lipinski definition) is 5. The van der Waals surface area contributed by atoms with Crippen molar-refractivity contribution in [1.82, 2.24) is 14.5 Å². The van der Waals surface area contributed by atoms with Crippen molar-refractivity contribution in [2.24, 2.45) is 12.0 Å². The van der Waals surface area contributed by atoms with Crippen molar-refractivity contribution in [3.8, 4) is 5.75 Å². The quantitative estimate of drug-likeness (QED) is 0.701. The van der Waals surface area contributed by atoms with Crippen LogP contribution in [0.2, 0.25) is 0 Å². The molecule has 1 aromatic heterocycles. The molecule has 0 radical (unpaired) electrons. The molecule has 27 heavy (non-hydrogen) atoms. The van der Waals surface area contributed by atoms with E-state index in [9.17, 15) is 0 Å². The van der Waals surface area contributed by atoms with Gasteiger partial charge in [0.1, 0.15) is 17.1 Å². The summed E-state index contributed by atoms with van der Waals surface area (Å²) in [6.07, 6.45) is 1.91. The van der Waals surface area contributed by atoms with E-state index < -0.39 is 0 Å². The Bertz CT molecular complexity index is 838. The summed E-state index contributed by atoms with van der Waals surface area (Å²) in [5, 5.41) is 1.10. The van der Waals surface area contributed by atoms with Gasteiger partial charge in [0, 0.05) is 44.2 Å². The van der Waals surface area contributed by atoms with Crippen LogP contribution < -0.4 is 10.2 Å². The summed E-state index contributed by atoms with van der Waals surface area (Å²) in [5.41, 5.74) is 3.19. The second-order valence-corrected chi connectivity index (χ2v) is 6.96. The second-order valence-electron chi connectivity index (χ2n) is 6.96. The van der Waals surface area contributed by atoms with E-state index in [0.29, 0.717) is 0 Å². The monoisotopic (exact) mass is 372 g/mol. The van der Waals surface area contributed by atoms with Crippen molar-refractivity contribution < 1.29 is 9.47 Å². The van der Waals surface area contributed by atoms with Crippen LogP contribution in [-0.4, -0.2) is 60.5 Å². The summed E-state index contributed by atoms with van der Waals surface area (Å²) >= 11 is 0. The average Bonchev–Trinajstić information content (AvgIpc) is 2.69. The van der Waals surface area contributed by atoms with E-state index in [2.05, 4.69) is 35.4 Å². The molecule has 1 aliphatic heterocycles. The summed E-state index contributed by atoms with van der Waals surface area (Å²) < 4.78 is 13.6. The van der Waals surface area contributed by atoms with Crippen LogP contribution in [0.1, 0.15) is 31.7 Å². The van der Waals surface area contributed by atoms with Gasteiger partial charge in [-0.3, -0.25) is 9.89 Å². The summed E-state index contributed by atoms with van der Waals surface area (Å²) in [7, 11) is 2.03. The molecule has 2 heterocycles. The molecule has 0 spiro atoms. The second kappa shape index (κ2) is 9.33. The highest BCUT2D eigenvalue weighted by atomic mass is 16.5. The van der Waals surface area contributed by atoms with Crippen molar-refractivity contribution in [3.63, 3.8) is 0 Å². The van der Waals surface area contributed by atoms with E-state index >= 15 is 0 Å². The zero-order chi connectivity index (χ0) is 19.2. The third-order valence-corrected chi connectivity index (χ3v) is 5.20. The largest absolute Gasteiger partial charge is 0.493 e. The van der Waals surface area contributed by atoms with Crippen LogP contribution in [0.5, 0.6) is 5.75 Å². The lowest BCUT2D eigenvalue weighted by atomic mass is 10.1. The first-order chi connectivity index (χ1) is 13.2. The Morgan fingerprint density at radius 1 is 1.22 bits per heavy atom. The van der Waals surface area contributed by atoms with Crippen molar-refractivity contribution in [3.05, 3.63) is 29.0 Å². The van der Waals surface area contributed by atoms with Gasteiger partial charge in [0.2, 0.25) is 0 Å². The number of nitrogens with zero attached hydrogens (tertiary/aromatic N) is 4. The Hall–Kier alpha value is -1.92. The molecule has 6 heteroatoms. The lowest BCUT2D eigenvalue weighted by molar-refractivity contribution is 0.0358. The molecule has 2 aromatic rings.